The summed E-state index contributed by atoms with van der Waals surface area (Å²) < 4.78 is 14.2. The third-order valence-corrected chi connectivity index (χ3v) is 3.86. The second kappa shape index (κ2) is 8.71. The monoisotopic (exact) mass is 363 g/mol. The lowest BCUT2D eigenvalue weighted by molar-refractivity contribution is -0.116. The first-order chi connectivity index (χ1) is 13.1. The number of benzene rings is 2. The summed E-state index contributed by atoms with van der Waals surface area (Å²) in [5.74, 6) is -0.626. The van der Waals surface area contributed by atoms with Crippen molar-refractivity contribution in [2.45, 2.75) is 6.54 Å². The van der Waals surface area contributed by atoms with Crippen LogP contribution in [0, 0.1) is 5.82 Å². The van der Waals surface area contributed by atoms with Gasteiger partial charge in [-0.3, -0.25) is 9.59 Å². The third kappa shape index (κ3) is 5.22. The van der Waals surface area contributed by atoms with Gasteiger partial charge in [0.15, 0.2) is 0 Å². The van der Waals surface area contributed by atoms with Crippen LogP contribution in [0.1, 0.15) is 5.56 Å². The van der Waals surface area contributed by atoms with Gasteiger partial charge in [-0.15, -0.1) is 0 Å². The van der Waals surface area contributed by atoms with Gasteiger partial charge in [-0.1, -0.05) is 42.5 Å². The van der Waals surface area contributed by atoms with Crippen molar-refractivity contribution < 1.29 is 9.18 Å². The lowest BCUT2D eigenvalue weighted by atomic mass is 10.1. The molecule has 136 valence electrons. The number of carbonyl (C=O) groups is 1. The van der Waals surface area contributed by atoms with E-state index in [0.717, 1.165) is 11.1 Å². The maximum absolute atomic E-state index is 12.8. The van der Waals surface area contributed by atoms with Gasteiger partial charge in [0.05, 0.1) is 12.2 Å². The summed E-state index contributed by atoms with van der Waals surface area (Å²) in [5.41, 5.74) is 2.10. The Bertz CT molecular complexity index is 996. The first-order valence-electron chi connectivity index (χ1n) is 8.47. The van der Waals surface area contributed by atoms with Crippen LogP contribution in [0.25, 0.3) is 17.3 Å². The average molecular weight is 363 g/mol. The number of halogens is 1. The molecular weight excluding hydrogens is 345 g/mol. The first-order valence-corrected chi connectivity index (χ1v) is 8.47. The Labute approximate surface area is 155 Å². The summed E-state index contributed by atoms with van der Waals surface area (Å²) >= 11 is 0. The van der Waals surface area contributed by atoms with Gasteiger partial charge < -0.3 is 5.32 Å². The van der Waals surface area contributed by atoms with Crippen LogP contribution >= 0.6 is 0 Å². The van der Waals surface area contributed by atoms with Gasteiger partial charge in [0.1, 0.15) is 5.82 Å². The van der Waals surface area contributed by atoms with Gasteiger partial charge in [-0.25, -0.2) is 9.07 Å². The highest BCUT2D eigenvalue weighted by Gasteiger charge is 2.03. The molecule has 3 rings (SSSR count). The molecule has 0 aliphatic rings. The van der Waals surface area contributed by atoms with Crippen molar-refractivity contribution in [1.29, 1.82) is 0 Å². The zero-order chi connectivity index (χ0) is 19.1. The minimum Gasteiger partial charge on any atom is -0.351 e. The largest absolute Gasteiger partial charge is 0.351 e. The number of aromatic nitrogens is 2. The molecule has 1 N–H and O–H groups in total. The van der Waals surface area contributed by atoms with Gasteiger partial charge in [0.25, 0.3) is 5.56 Å². The number of nitrogens with one attached hydrogen (secondary N) is 1. The Hall–Kier alpha value is -3.54. The highest BCUT2D eigenvalue weighted by molar-refractivity contribution is 5.91. The van der Waals surface area contributed by atoms with Crippen molar-refractivity contribution in [3.8, 4) is 11.3 Å². The summed E-state index contributed by atoms with van der Waals surface area (Å²) in [6, 6.07) is 18.5. The van der Waals surface area contributed by atoms with E-state index in [4.69, 9.17) is 0 Å². The molecule has 5 nitrogen and oxygen atoms in total. The molecule has 1 heterocycles. The predicted octanol–water partition coefficient (Wildman–Crippen LogP) is 2.88. The van der Waals surface area contributed by atoms with Crippen LogP contribution < -0.4 is 10.9 Å². The maximum Gasteiger partial charge on any atom is 0.266 e. The van der Waals surface area contributed by atoms with Gasteiger partial charge in [0.2, 0.25) is 5.91 Å². The number of hydrogen-bond donors (Lipinski definition) is 1. The molecular formula is C21H18FN3O2. The quantitative estimate of drug-likeness (QED) is 0.685. The van der Waals surface area contributed by atoms with Crippen LogP contribution in [-0.2, 0) is 11.3 Å². The molecule has 0 saturated heterocycles. The predicted molar refractivity (Wildman–Crippen MR) is 102 cm³/mol. The fraction of sp³-hybridized carbons (Fsp3) is 0.0952. The van der Waals surface area contributed by atoms with Crippen molar-refractivity contribution in [3.05, 3.63) is 94.5 Å². The molecule has 0 atom stereocenters. The fourth-order valence-electron chi connectivity index (χ4n) is 2.46. The van der Waals surface area contributed by atoms with Crippen molar-refractivity contribution >= 4 is 12.0 Å². The molecule has 6 heteroatoms. The van der Waals surface area contributed by atoms with Crippen LogP contribution in [0.2, 0.25) is 0 Å². The molecule has 0 saturated carbocycles. The molecule has 1 amide bonds. The number of hydrogen-bond acceptors (Lipinski definition) is 3. The third-order valence-electron chi connectivity index (χ3n) is 3.86. The van der Waals surface area contributed by atoms with E-state index in [0.29, 0.717) is 5.69 Å². The normalized spacial score (nSPS) is 10.9. The number of rotatable bonds is 6. The van der Waals surface area contributed by atoms with Crippen LogP contribution in [-0.4, -0.2) is 22.2 Å². The average Bonchev–Trinajstić information content (AvgIpc) is 2.69. The van der Waals surface area contributed by atoms with Crippen LogP contribution in [0.5, 0.6) is 0 Å². The molecule has 0 unspecified atom stereocenters. The van der Waals surface area contributed by atoms with Crippen LogP contribution in [0.4, 0.5) is 4.39 Å². The minimum absolute atomic E-state index is 0.231. The van der Waals surface area contributed by atoms with E-state index in [1.165, 1.54) is 29.0 Å². The molecule has 0 radical (unpaired) electrons. The molecule has 0 bridgehead atoms. The minimum atomic E-state index is -0.327. The van der Waals surface area contributed by atoms with Crippen molar-refractivity contribution in [1.82, 2.24) is 15.1 Å². The van der Waals surface area contributed by atoms with E-state index in [2.05, 4.69) is 10.4 Å². The van der Waals surface area contributed by atoms with Crippen molar-refractivity contribution in [3.63, 3.8) is 0 Å². The van der Waals surface area contributed by atoms with Gasteiger partial charge in [-0.2, -0.15) is 5.10 Å². The molecule has 1 aromatic heterocycles. The molecule has 0 aliphatic carbocycles. The summed E-state index contributed by atoms with van der Waals surface area (Å²) in [5, 5.41) is 7.04. The molecule has 0 aliphatic heterocycles. The van der Waals surface area contributed by atoms with E-state index >= 15 is 0 Å². The fourth-order valence-corrected chi connectivity index (χ4v) is 2.46. The summed E-state index contributed by atoms with van der Waals surface area (Å²) in [6.07, 6.45) is 2.96. The summed E-state index contributed by atoms with van der Waals surface area (Å²) in [6.45, 7) is 0.521. The van der Waals surface area contributed by atoms with Crippen LogP contribution in [0.15, 0.2) is 77.6 Å². The van der Waals surface area contributed by atoms with Gasteiger partial charge in [0, 0.05) is 24.3 Å². The number of amides is 1. The molecule has 3 aromatic rings. The Morgan fingerprint density at radius 1 is 1.04 bits per heavy atom. The topological polar surface area (TPSA) is 64.0 Å². The van der Waals surface area contributed by atoms with E-state index in [9.17, 15) is 14.0 Å². The van der Waals surface area contributed by atoms with E-state index in [1.807, 2.05) is 30.3 Å². The highest BCUT2D eigenvalue weighted by atomic mass is 19.1. The van der Waals surface area contributed by atoms with Crippen molar-refractivity contribution in [2.24, 2.45) is 0 Å². The molecule has 2 aromatic carbocycles. The molecule has 0 fully saturated rings. The van der Waals surface area contributed by atoms with E-state index in [1.54, 1.807) is 24.3 Å². The summed E-state index contributed by atoms with van der Waals surface area (Å²) in [7, 11) is 0. The Morgan fingerprint density at radius 2 is 1.78 bits per heavy atom. The highest BCUT2D eigenvalue weighted by Crippen LogP contribution is 2.13. The number of carbonyl (C=O) groups excluding carboxylic acids is 1. The lowest BCUT2D eigenvalue weighted by Gasteiger charge is -2.07. The zero-order valence-corrected chi connectivity index (χ0v) is 14.5. The second-order valence-corrected chi connectivity index (χ2v) is 5.82. The van der Waals surface area contributed by atoms with Gasteiger partial charge >= 0.3 is 0 Å². The van der Waals surface area contributed by atoms with Gasteiger partial charge in [-0.05, 0) is 29.8 Å². The SMILES string of the molecule is O=C(/C=C/c1ccc(F)cc1)NCCn1nc(-c2ccccc2)ccc1=O. The van der Waals surface area contributed by atoms with E-state index < -0.39 is 0 Å². The van der Waals surface area contributed by atoms with E-state index in [-0.39, 0.29) is 30.4 Å². The first kappa shape index (κ1) is 18.3. The standard InChI is InChI=1S/C21H18FN3O2/c22-18-9-6-16(7-10-18)8-12-20(26)23-14-15-25-21(27)13-11-19(24-25)17-4-2-1-3-5-17/h1-13H,14-15H2,(H,23,26)/b12-8+. The Kier molecular flexibility index (Phi) is 5.89. The Balaban J connectivity index is 1.57. The Morgan fingerprint density at radius 3 is 2.52 bits per heavy atom. The second-order valence-electron chi connectivity index (χ2n) is 5.82. The number of nitrogens with zero attached hydrogens (tertiary/aromatic N) is 2. The van der Waals surface area contributed by atoms with Crippen LogP contribution in [0.3, 0.4) is 0 Å². The lowest BCUT2D eigenvalue weighted by Crippen LogP contribution is -2.31. The molecule has 0 spiro atoms. The molecule has 27 heavy (non-hydrogen) atoms. The summed E-state index contributed by atoms with van der Waals surface area (Å²) in [4.78, 5) is 23.8. The maximum atomic E-state index is 12.8. The van der Waals surface area contributed by atoms with Crippen molar-refractivity contribution in [2.75, 3.05) is 6.54 Å². The smallest absolute Gasteiger partial charge is 0.266 e. The zero-order valence-electron chi connectivity index (χ0n) is 14.5.